The van der Waals surface area contributed by atoms with Crippen molar-refractivity contribution in [2.75, 3.05) is 0 Å². The van der Waals surface area contributed by atoms with Gasteiger partial charge < -0.3 is 14.9 Å². The maximum atomic E-state index is 12.1. The lowest BCUT2D eigenvalue weighted by molar-refractivity contribution is 0.0696. The number of carbonyl (C=O) groups is 2. The number of hydrogen-bond acceptors (Lipinski definition) is 4. The highest BCUT2D eigenvalue weighted by Crippen LogP contribution is 2.38. The van der Waals surface area contributed by atoms with Gasteiger partial charge in [-0.15, -0.1) is 0 Å². The first-order valence-corrected chi connectivity index (χ1v) is 9.14. The lowest BCUT2D eigenvalue weighted by Gasteiger charge is -2.22. The maximum Gasteiger partial charge on any atom is 0.336 e. The molecule has 29 heavy (non-hydrogen) atoms. The quantitative estimate of drug-likeness (QED) is 0.525. The molecule has 1 aliphatic rings. The van der Waals surface area contributed by atoms with E-state index in [1.165, 1.54) is 18.2 Å². The average Bonchev–Trinajstić information content (AvgIpc) is 2.70. The summed E-state index contributed by atoms with van der Waals surface area (Å²) in [6.45, 7) is 5.65. The Morgan fingerprint density at radius 2 is 1.72 bits per heavy atom. The van der Waals surface area contributed by atoms with E-state index in [-0.39, 0.29) is 17.1 Å². The van der Waals surface area contributed by atoms with Gasteiger partial charge in [-0.1, -0.05) is 37.8 Å². The number of hydrogen-bond donors (Lipinski definition) is 2. The molecule has 0 fully saturated rings. The molecule has 0 aromatic heterocycles. The number of aromatic hydroxyl groups is 1. The summed E-state index contributed by atoms with van der Waals surface area (Å²) in [6.07, 6.45) is 0.292. The fraction of sp³-hybridized carbons (Fsp3) is 0.0833. The monoisotopic (exact) mass is 386 g/mol. The number of Topliss-reactive ketones (excluding diaryl/α,β-unsaturated/α-hetero) is 1. The van der Waals surface area contributed by atoms with Crippen LogP contribution in [0.2, 0.25) is 0 Å². The van der Waals surface area contributed by atoms with Gasteiger partial charge in [-0.2, -0.15) is 0 Å². The second-order valence-corrected chi connectivity index (χ2v) is 6.83. The first kappa shape index (κ1) is 18.5. The van der Waals surface area contributed by atoms with Crippen LogP contribution in [-0.4, -0.2) is 22.0 Å². The molecule has 0 aliphatic carbocycles. The molecule has 1 aliphatic heterocycles. The molecule has 0 saturated heterocycles. The summed E-state index contributed by atoms with van der Waals surface area (Å²) in [4.78, 5) is 24.1. The molecule has 5 nitrogen and oxygen atoms in total. The van der Waals surface area contributed by atoms with Crippen LogP contribution < -0.4 is 15.2 Å². The summed E-state index contributed by atoms with van der Waals surface area (Å²) in [7, 11) is 0. The minimum atomic E-state index is -1.12. The summed E-state index contributed by atoms with van der Waals surface area (Å²) >= 11 is 0. The van der Waals surface area contributed by atoms with Crippen LogP contribution in [0.1, 0.15) is 45.2 Å². The number of carboxylic acid groups (broad SMARTS) is 1. The van der Waals surface area contributed by atoms with Crippen molar-refractivity contribution in [2.24, 2.45) is 0 Å². The molecular weight excluding hydrogens is 368 g/mol. The molecule has 0 radical (unpaired) electrons. The zero-order valence-electron chi connectivity index (χ0n) is 15.7. The van der Waals surface area contributed by atoms with Gasteiger partial charge in [-0.25, -0.2) is 4.79 Å². The molecular formula is C24H18O5. The Bertz CT molecular complexity index is 1290. The van der Waals surface area contributed by atoms with Crippen molar-refractivity contribution in [1.82, 2.24) is 0 Å². The molecule has 3 aromatic carbocycles. The number of ether oxygens (including phenoxy) is 1. The number of fused-ring (bicyclic) bond motifs is 2. The van der Waals surface area contributed by atoms with Crippen molar-refractivity contribution < 1.29 is 24.5 Å². The SMILES string of the molecule is C=c1ccc2c(c1)Oc1cc(O)ccc1C=2c1ccc(C(=O)CC)cc1C(=O)O. The summed E-state index contributed by atoms with van der Waals surface area (Å²) < 4.78 is 5.95. The molecule has 0 atom stereocenters. The molecule has 0 spiro atoms. The third-order valence-electron chi connectivity index (χ3n) is 4.93. The van der Waals surface area contributed by atoms with Crippen LogP contribution >= 0.6 is 0 Å². The largest absolute Gasteiger partial charge is 0.508 e. The number of phenolic OH excluding ortho intramolecular Hbond substituents is 1. The van der Waals surface area contributed by atoms with E-state index in [4.69, 9.17) is 4.74 Å². The Kier molecular flexibility index (Phi) is 4.43. The summed E-state index contributed by atoms with van der Waals surface area (Å²) in [5.41, 5.74) is 2.18. The molecule has 0 amide bonds. The fourth-order valence-corrected chi connectivity index (χ4v) is 3.53. The highest BCUT2D eigenvalue weighted by atomic mass is 16.5. The van der Waals surface area contributed by atoms with Gasteiger partial charge in [0.2, 0.25) is 0 Å². The van der Waals surface area contributed by atoms with Gasteiger partial charge in [0.25, 0.3) is 0 Å². The van der Waals surface area contributed by atoms with Crippen molar-refractivity contribution in [1.29, 1.82) is 0 Å². The topological polar surface area (TPSA) is 83.8 Å². The van der Waals surface area contributed by atoms with Crippen molar-refractivity contribution in [3.05, 3.63) is 87.3 Å². The molecule has 4 rings (SSSR count). The van der Waals surface area contributed by atoms with E-state index in [1.807, 2.05) is 12.1 Å². The van der Waals surface area contributed by atoms with Crippen LogP contribution in [0, 0.1) is 0 Å². The van der Waals surface area contributed by atoms with Crippen LogP contribution in [-0.2, 0) is 0 Å². The van der Waals surface area contributed by atoms with Crippen LogP contribution in [0.3, 0.4) is 0 Å². The standard InChI is InChI=1S/C24H18O5/c1-3-20(26)14-5-8-16(19(11-14)24(27)28)23-17-7-4-13(2)10-21(17)29-22-12-15(25)6-9-18(22)23/h4-12,25H,2-3H2,1H3,(H,27,28). The normalized spacial score (nSPS) is 12.0. The molecule has 2 N–H and O–H groups in total. The number of ketones is 1. The Hall–Kier alpha value is -3.86. The number of carboxylic acids is 1. The third kappa shape index (κ3) is 3.17. The predicted octanol–water partition coefficient (Wildman–Crippen LogP) is 3.45. The summed E-state index contributed by atoms with van der Waals surface area (Å²) in [6, 6.07) is 14.8. The van der Waals surface area contributed by atoms with E-state index >= 15 is 0 Å². The molecule has 3 aromatic rings. The highest BCUT2D eigenvalue weighted by molar-refractivity contribution is 6.03. The Labute approximate surface area is 166 Å². The van der Waals surface area contributed by atoms with Crippen LogP contribution in [0.5, 0.6) is 17.2 Å². The van der Waals surface area contributed by atoms with Crippen molar-refractivity contribution in [2.45, 2.75) is 13.3 Å². The number of rotatable bonds is 4. The van der Waals surface area contributed by atoms with Gasteiger partial charge in [-0.05, 0) is 35.0 Å². The van der Waals surface area contributed by atoms with Gasteiger partial charge in [0.15, 0.2) is 5.78 Å². The second kappa shape index (κ2) is 6.95. The van der Waals surface area contributed by atoms with E-state index in [2.05, 4.69) is 6.58 Å². The van der Waals surface area contributed by atoms with E-state index in [1.54, 1.807) is 31.2 Å². The number of aromatic carboxylic acids is 1. The number of carbonyl (C=O) groups excluding carboxylic acids is 1. The van der Waals surface area contributed by atoms with Gasteiger partial charge in [0.1, 0.15) is 17.2 Å². The van der Waals surface area contributed by atoms with Crippen molar-refractivity contribution in [3.8, 4) is 17.2 Å². The number of phenols is 1. The highest BCUT2D eigenvalue weighted by Gasteiger charge is 2.24. The lowest BCUT2D eigenvalue weighted by atomic mass is 9.88. The first-order chi connectivity index (χ1) is 13.9. The Morgan fingerprint density at radius 1 is 0.966 bits per heavy atom. The lowest BCUT2D eigenvalue weighted by Crippen LogP contribution is -2.20. The molecule has 144 valence electrons. The Balaban J connectivity index is 2.10. The van der Waals surface area contributed by atoms with Crippen LogP contribution in [0.4, 0.5) is 0 Å². The van der Waals surface area contributed by atoms with Gasteiger partial charge in [0, 0.05) is 34.4 Å². The second-order valence-electron chi connectivity index (χ2n) is 6.83. The molecule has 1 heterocycles. The van der Waals surface area contributed by atoms with Crippen molar-refractivity contribution in [3.63, 3.8) is 0 Å². The maximum absolute atomic E-state index is 12.1. The van der Waals surface area contributed by atoms with Crippen LogP contribution in [0.25, 0.3) is 12.2 Å². The zero-order chi connectivity index (χ0) is 20.7. The minimum absolute atomic E-state index is 0.0323. The molecule has 0 unspecified atom stereocenters. The summed E-state index contributed by atoms with van der Waals surface area (Å²) in [5.74, 6) is -0.262. The predicted molar refractivity (Wildman–Crippen MR) is 109 cm³/mol. The fourth-order valence-electron chi connectivity index (χ4n) is 3.53. The Morgan fingerprint density at radius 3 is 2.45 bits per heavy atom. The molecule has 0 saturated carbocycles. The number of benzene rings is 3. The molecule has 5 heteroatoms. The summed E-state index contributed by atoms with van der Waals surface area (Å²) in [5, 5.41) is 21.2. The first-order valence-electron chi connectivity index (χ1n) is 9.14. The third-order valence-corrected chi connectivity index (χ3v) is 4.93. The van der Waals surface area contributed by atoms with Gasteiger partial charge in [-0.3, -0.25) is 4.79 Å². The van der Waals surface area contributed by atoms with Crippen molar-refractivity contribution >= 4 is 23.9 Å². The minimum Gasteiger partial charge on any atom is -0.508 e. The van der Waals surface area contributed by atoms with E-state index in [9.17, 15) is 19.8 Å². The molecule has 0 bridgehead atoms. The van der Waals surface area contributed by atoms with E-state index < -0.39 is 5.97 Å². The average molecular weight is 386 g/mol. The van der Waals surface area contributed by atoms with Crippen LogP contribution in [0.15, 0.2) is 54.6 Å². The van der Waals surface area contributed by atoms with Gasteiger partial charge in [0.05, 0.1) is 5.56 Å². The smallest absolute Gasteiger partial charge is 0.336 e. The van der Waals surface area contributed by atoms with E-state index in [0.717, 1.165) is 5.22 Å². The van der Waals surface area contributed by atoms with Gasteiger partial charge >= 0.3 is 5.97 Å². The zero-order valence-corrected chi connectivity index (χ0v) is 15.7. The van der Waals surface area contributed by atoms with E-state index in [0.29, 0.717) is 45.4 Å².